The number of anilines is 6. The van der Waals surface area contributed by atoms with Gasteiger partial charge in [0, 0.05) is 44.9 Å². The van der Waals surface area contributed by atoms with Crippen molar-refractivity contribution in [2.45, 2.75) is 208 Å². The standard InChI is InChI=1S/C92H102BN3/c1-85(2,3)63-43-61(44-64(50-63)86(4,5)6)59-34-39-76-80(48-59)94(69-36-31-57(32-37-69)58-33-38-74-75(47-58)92(21,22)42-41-91(74,19)20)82-55-71(95-78-29-25-23-27-72(78)73-28-24-26-30-79(73)95)56-83-84(82)93(76)77-40-35-60(62-45-65(87(7,8)9)51-66(46-62)88(10,11)12)49-81(77)96(83)70-53-67(89(13,14)15)52-68(54-70)90(16,17)18/h23-40,43-56H,41-42H2,1-22H3. The first-order valence-electron chi connectivity index (χ1n) is 35.6. The van der Waals surface area contributed by atoms with Gasteiger partial charge in [-0.3, -0.25) is 0 Å². The fraction of sp³-hybridized carbons (Fsp3) is 0.348. The van der Waals surface area contributed by atoms with Crippen molar-refractivity contribution in [3.63, 3.8) is 0 Å². The molecule has 1 aromatic heterocycles. The van der Waals surface area contributed by atoms with Crippen molar-refractivity contribution in [3.8, 4) is 39.1 Å². The number of aromatic nitrogens is 1. The highest BCUT2D eigenvalue weighted by Gasteiger charge is 2.45. The van der Waals surface area contributed by atoms with Crippen molar-refractivity contribution < 1.29 is 0 Å². The number of nitrogens with zero attached hydrogens (tertiary/aromatic N) is 3. The first-order valence-corrected chi connectivity index (χ1v) is 35.6. The van der Waals surface area contributed by atoms with Crippen LogP contribution in [-0.4, -0.2) is 11.3 Å². The van der Waals surface area contributed by atoms with Gasteiger partial charge in [0.1, 0.15) is 0 Å². The maximum atomic E-state index is 2.69. The number of benzene rings is 10. The van der Waals surface area contributed by atoms with E-state index in [1.807, 2.05) is 0 Å². The molecule has 10 aromatic carbocycles. The second-order valence-electron chi connectivity index (χ2n) is 36.4. The van der Waals surface area contributed by atoms with Gasteiger partial charge >= 0.3 is 0 Å². The van der Waals surface area contributed by atoms with Crippen LogP contribution in [0.2, 0.25) is 0 Å². The molecule has 3 aliphatic rings. The normalized spacial score (nSPS) is 15.4. The van der Waals surface area contributed by atoms with E-state index < -0.39 is 0 Å². The molecule has 0 saturated carbocycles. The van der Waals surface area contributed by atoms with E-state index in [4.69, 9.17) is 0 Å². The molecule has 0 saturated heterocycles. The van der Waals surface area contributed by atoms with Crippen LogP contribution in [0.25, 0.3) is 60.9 Å². The van der Waals surface area contributed by atoms with Crippen molar-refractivity contribution in [2.24, 2.45) is 0 Å². The van der Waals surface area contributed by atoms with Crippen LogP contribution >= 0.6 is 0 Å². The van der Waals surface area contributed by atoms with Crippen molar-refractivity contribution in [1.82, 2.24) is 4.57 Å². The average Bonchev–Trinajstić information content (AvgIpc) is 0.822. The van der Waals surface area contributed by atoms with E-state index in [2.05, 4.69) is 361 Å². The molecule has 96 heavy (non-hydrogen) atoms. The van der Waals surface area contributed by atoms with Crippen LogP contribution < -0.4 is 26.2 Å². The minimum Gasteiger partial charge on any atom is -0.311 e. The van der Waals surface area contributed by atoms with E-state index in [0.717, 1.165) is 11.4 Å². The van der Waals surface area contributed by atoms with Crippen LogP contribution in [0, 0.1) is 0 Å². The number of hydrogen-bond donors (Lipinski definition) is 0. The predicted octanol–water partition coefficient (Wildman–Crippen LogP) is 24.0. The topological polar surface area (TPSA) is 11.4 Å². The lowest BCUT2D eigenvalue weighted by molar-refractivity contribution is 0.332. The van der Waals surface area contributed by atoms with Gasteiger partial charge in [-0.05, 0) is 211 Å². The Morgan fingerprint density at radius 1 is 0.292 bits per heavy atom. The molecule has 1 aliphatic carbocycles. The Hall–Kier alpha value is -8.34. The molecule has 0 atom stereocenters. The molecule has 488 valence electrons. The molecule has 0 radical (unpaired) electrons. The van der Waals surface area contributed by atoms with E-state index in [-0.39, 0.29) is 50.0 Å². The lowest BCUT2D eigenvalue weighted by atomic mass is 9.33. The molecule has 0 fully saturated rings. The Morgan fingerprint density at radius 2 is 0.646 bits per heavy atom. The Bertz CT molecular complexity index is 4790. The van der Waals surface area contributed by atoms with E-state index in [9.17, 15) is 0 Å². The lowest BCUT2D eigenvalue weighted by Crippen LogP contribution is -2.61. The van der Waals surface area contributed by atoms with E-state index in [0.29, 0.717) is 0 Å². The molecule has 2 aliphatic heterocycles. The molecule has 14 rings (SSSR count). The quantitative estimate of drug-likeness (QED) is 0.154. The summed E-state index contributed by atoms with van der Waals surface area (Å²) in [6.07, 6.45) is 2.37. The average molecular weight is 1260 g/mol. The van der Waals surface area contributed by atoms with Gasteiger partial charge in [-0.1, -0.05) is 286 Å². The molecule has 0 amide bonds. The van der Waals surface area contributed by atoms with Crippen LogP contribution in [-0.2, 0) is 43.3 Å². The number of fused-ring (bicyclic) bond motifs is 8. The van der Waals surface area contributed by atoms with Crippen molar-refractivity contribution in [1.29, 1.82) is 0 Å². The van der Waals surface area contributed by atoms with Gasteiger partial charge in [-0.15, -0.1) is 0 Å². The highest BCUT2D eigenvalue weighted by atomic mass is 15.2. The van der Waals surface area contributed by atoms with E-state index >= 15 is 0 Å². The number of rotatable bonds is 6. The third kappa shape index (κ3) is 11.2. The molecule has 0 bridgehead atoms. The van der Waals surface area contributed by atoms with Gasteiger partial charge in [0.25, 0.3) is 6.71 Å². The zero-order valence-electron chi connectivity index (χ0n) is 61.8. The minimum absolute atomic E-state index is 0.0551. The minimum atomic E-state index is -0.133. The largest absolute Gasteiger partial charge is 0.311 e. The summed E-state index contributed by atoms with van der Waals surface area (Å²) >= 11 is 0. The summed E-state index contributed by atoms with van der Waals surface area (Å²) in [7, 11) is 0. The van der Waals surface area contributed by atoms with Gasteiger partial charge in [0.05, 0.1) is 16.7 Å². The Balaban J connectivity index is 1.11. The van der Waals surface area contributed by atoms with E-state index in [1.54, 1.807) is 0 Å². The summed E-state index contributed by atoms with van der Waals surface area (Å²) in [6, 6.07) is 77.5. The summed E-state index contributed by atoms with van der Waals surface area (Å²) < 4.78 is 2.55. The summed E-state index contributed by atoms with van der Waals surface area (Å²) in [6.45, 7) is 52.2. The molecule has 11 aromatic rings. The van der Waals surface area contributed by atoms with Gasteiger partial charge < -0.3 is 14.4 Å². The van der Waals surface area contributed by atoms with Gasteiger partial charge in [-0.25, -0.2) is 0 Å². The fourth-order valence-electron chi connectivity index (χ4n) is 15.7. The zero-order chi connectivity index (χ0) is 68.5. The second kappa shape index (κ2) is 22.1. The van der Waals surface area contributed by atoms with Crippen LogP contribution in [0.1, 0.15) is 210 Å². The molecular formula is C92H102BN3. The summed E-state index contributed by atoms with van der Waals surface area (Å²) in [5, 5.41) is 2.49. The van der Waals surface area contributed by atoms with Crippen LogP contribution in [0.3, 0.4) is 0 Å². The zero-order valence-corrected chi connectivity index (χ0v) is 61.8. The highest BCUT2D eigenvalue weighted by Crippen LogP contribution is 2.52. The van der Waals surface area contributed by atoms with Crippen LogP contribution in [0.15, 0.2) is 194 Å². The van der Waals surface area contributed by atoms with Gasteiger partial charge in [0.15, 0.2) is 0 Å². The Kier molecular flexibility index (Phi) is 15.0. The Labute approximate surface area is 576 Å². The monoisotopic (exact) mass is 1260 g/mol. The second-order valence-corrected chi connectivity index (χ2v) is 36.4. The van der Waals surface area contributed by atoms with Crippen molar-refractivity contribution in [2.75, 3.05) is 9.80 Å². The molecule has 3 heterocycles. The van der Waals surface area contributed by atoms with Crippen LogP contribution in [0.4, 0.5) is 34.1 Å². The Morgan fingerprint density at radius 3 is 1.06 bits per heavy atom. The molecular weight excluding hydrogens is 1160 g/mol. The fourth-order valence-corrected chi connectivity index (χ4v) is 15.7. The summed E-state index contributed by atoms with van der Waals surface area (Å²) in [5.74, 6) is 0. The van der Waals surface area contributed by atoms with E-state index in [1.165, 1.54) is 157 Å². The molecule has 3 nitrogen and oxygen atoms in total. The van der Waals surface area contributed by atoms with Crippen molar-refractivity contribution in [3.05, 3.63) is 239 Å². The van der Waals surface area contributed by atoms with Crippen LogP contribution in [0.5, 0.6) is 0 Å². The maximum Gasteiger partial charge on any atom is 0.252 e. The molecule has 4 heteroatoms. The molecule has 0 unspecified atom stereocenters. The SMILES string of the molecule is CC(C)(C)c1cc(-c2ccc3c(c2)N(c2ccc(-c4ccc5c(c4)C(C)(C)CCC5(C)C)cc2)c2cc(-n4c5ccccc5c5ccccc54)cc4c2B3c2ccc(-c3cc(C(C)(C)C)cc(C(C)(C)C)c3)cc2N4c2cc(C(C)(C)C)cc(C(C)(C)C)c2)cc(C(C)(C)C)c1. The molecule has 0 N–H and O–H groups in total. The third-order valence-electron chi connectivity index (χ3n) is 22.1. The lowest BCUT2D eigenvalue weighted by Gasteiger charge is -2.45. The summed E-state index contributed by atoms with van der Waals surface area (Å²) in [4.78, 5) is 5.35. The van der Waals surface area contributed by atoms with Crippen molar-refractivity contribution >= 4 is 79.0 Å². The number of hydrogen-bond acceptors (Lipinski definition) is 2. The predicted molar refractivity (Wildman–Crippen MR) is 419 cm³/mol. The van der Waals surface area contributed by atoms with Gasteiger partial charge in [-0.2, -0.15) is 0 Å². The third-order valence-corrected chi connectivity index (χ3v) is 22.1. The highest BCUT2D eigenvalue weighted by molar-refractivity contribution is 7.00. The number of para-hydroxylation sites is 2. The molecule has 0 spiro atoms. The first-order chi connectivity index (χ1) is 44.8. The maximum absolute atomic E-state index is 2.69. The first kappa shape index (κ1) is 65.0. The smallest absolute Gasteiger partial charge is 0.252 e. The van der Waals surface area contributed by atoms with Gasteiger partial charge in [0.2, 0.25) is 0 Å². The summed E-state index contributed by atoms with van der Waals surface area (Å²) in [5.41, 5.74) is 32.6.